The van der Waals surface area contributed by atoms with Crippen molar-refractivity contribution in [2.75, 3.05) is 14.2 Å². The van der Waals surface area contributed by atoms with Gasteiger partial charge in [0.2, 0.25) is 22.0 Å². The molecule has 13 heteroatoms. The number of aromatic nitrogens is 6. The number of halogens is 1. The minimum atomic E-state index is -0.622. The van der Waals surface area contributed by atoms with E-state index in [-0.39, 0.29) is 11.8 Å². The highest BCUT2D eigenvalue weighted by Gasteiger charge is 2.34. The Morgan fingerprint density at radius 2 is 1.10 bits per heavy atom. The van der Waals surface area contributed by atoms with Crippen LogP contribution in [0.4, 0.5) is 0 Å². The lowest BCUT2D eigenvalue weighted by Gasteiger charge is -2.18. The zero-order valence-electron chi connectivity index (χ0n) is 26.2. The third kappa shape index (κ3) is 5.53. The first kappa shape index (κ1) is 31.6. The van der Waals surface area contributed by atoms with Crippen molar-refractivity contribution in [3.8, 4) is 56.0 Å². The predicted octanol–water partition coefficient (Wildman–Crippen LogP) is 8.29. The number of methoxy groups -OCH3 is 2. The topological polar surface area (TPSA) is 120 Å². The molecular weight excluding hydrogens is 712 g/mol. The summed E-state index contributed by atoms with van der Waals surface area (Å²) in [5, 5.41) is 38.0. The Morgan fingerprint density at radius 1 is 0.667 bits per heavy atom. The Morgan fingerprint density at radius 3 is 1.54 bits per heavy atom. The van der Waals surface area contributed by atoms with Gasteiger partial charge in [-0.1, -0.05) is 52.3 Å². The highest BCUT2D eigenvalue weighted by molar-refractivity contribution is 9.10. The van der Waals surface area contributed by atoms with Gasteiger partial charge in [0.15, 0.2) is 0 Å². The summed E-state index contributed by atoms with van der Waals surface area (Å²) in [6.07, 6.45) is 0. The molecule has 10 nitrogen and oxygen atoms in total. The third-order valence-corrected chi connectivity index (χ3v) is 10.2. The zero-order chi connectivity index (χ0) is 33.5. The van der Waals surface area contributed by atoms with Crippen molar-refractivity contribution >= 4 is 38.6 Å². The maximum Gasteiger partial charge on any atom is 0.220 e. The molecule has 0 spiro atoms. The van der Waals surface area contributed by atoms with Crippen LogP contribution in [0, 0.1) is 13.8 Å². The average molecular weight is 742 g/mol. The summed E-state index contributed by atoms with van der Waals surface area (Å²) in [6, 6.07) is 23.0. The number of nitrogens with zero attached hydrogens (tertiary/aromatic N) is 6. The van der Waals surface area contributed by atoms with E-state index in [9.17, 15) is 10.2 Å². The van der Waals surface area contributed by atoms with E-state index in [2.05, 4.69) is 15.9 Å². The summed E-state index contributed by atoms with van der Waals surface area (Å²) in [5.41, 5.74) is 6.12. The maximum atomic E-state index is 11.9. The number of rotatable bonds is 9. The van der Waals surface area contributed by atoms with E-state index in [0.29, 0.717) is 55.7 Å². The average Bonchev–Trinajstić information content (AvgIpc) is 3.90. The molecule has 2 N–H and O–H groups in total. The van der Waals surface area contributed by atoms with E-state index < -0.39 is 5.92 Å². The Balaban J connectivity index is 1.34. The summed E-state index contributed by atoms with van der Waals surface area (Å²) in [4.78, 5) is 9.60. The molecular formula is C35H29BrN6O4S2. The molecule has 0 fully saturated rings. The molecule has 0 unspecified atom stereocenters. The predicted molar refractivity (Wildman–Crippen MR) is 190 cm³/mol. The number of ether oxygens (including phenoxy) is 2. The molecule has 0 aliphatic rings. The van der Waals surface area contributed by atoms with Crippen molar-refractivity contribution in [1.29, 1.82) is 0 Å². The Bertz CT molecular complexity index is 2120. The second kappa shape index (κ2) is 12.9. The molecule has 0 saturated heterocycles. The van der Waals surface area contributed by atoms with Crippen molar-refractivity contribution in [2.45, 2.75) is 19.8 Å². The second-order valence-corrected chi connectivity index (χ2v) is 13.5. The number of aromatic hydroxyl groups is 2. The van der Waals surface area contributed by atoms with Gasteiger partial charge in [-0.25, -0.2) is 9.97 Å². The van der Waals surface area contributed by atoms with Gasteiger partial charge in [0.25, 0.3) is 0 Å². The van der Waals surface area contributed by atoms with Crippen LogP contribution >= 0.6 is 38.6 Å². The summed E-state index contributed by atoms with van der Waals surface area (Å²) >= 11 is 6.24. The van der Waals surface area contributed by atoms with E-state index in [1.54, 1.807) is 14.2 Å². The van der Waals surface area contributed by atoms with Crippen LogP contribution < -0.4 is 9.47 Å². The highest BCUT2D eigenvalue weighted by Crippen LogP contribution is 2.46. The normalized spacial score (nSPS) is 11.4. The Hall–Kier alpha value is -4.98. The van der Waals surface area contributed by atoms with Crippen LogP contribution in [0.5, 0.6) is 23.3 Å². The van der Waals surface area contributed by atoms with Gasteiger partial charge in [0.1, 0.15) is 11.5 Å². The molecule has 3 aromatic carbocycles. The van der Waals surface area contributed by atoms with Gasteiger partial charge < -0.3 is 19.7 Å². The van der Waals surface area contributed by atoms with E-state index in [1.165, 1.54) is 32.0 Å². The van der Waals surface area contributed by atoms with Gasteiger partial charge in [0, 0.05) is 43.4 Å². The van der Waals surface area contributed by atoms with Crippen LogP contribution in [0.3, 0.4) is 0 Å². The number of hydrogen-bond donors (Lipinski definition) is 2. The lowest BCUT2D eigenvalue weighted by Crippen LogP contribution is -2.06. The van der Waals surface area contributed by atoms with Crippen LogP contribution in [-0.2, 0) is 0 Å². The van der Waals surface area contributed by atoms with E-state index in [0.717, 1.165) is 21.2 Å². The summed E-state index contributed by atoms with van der Waals surface area (Å²) in [6.45, 7) is 3.67. The molecule has 7 rings (SSSR count). The van der Waals surface area contributed by atoms with Crippen molar-refractivity contribution < 1.29 is 19.7 Å². The first-order chi connectivity index (χ1) is 23.3. The van der Waals surface area contributed by atoms with Crippen molar-refractivity contribution in [3.63, 3.8) is 0 Å². The number of thiazole rings is 2. The smallest absolute Gasteiger partial charge is 0.220 e. The van der Waals surface area contributed by atoms with Crippen molar-refractivity contribution in [1.82, 2.24) is 29.5 Å². The maximum absolute atomic E-state index is 11.9. The molecule has 0 amide bonds. The molecule has 0 aliphatic heterocycles. The molecule has 0 bridgehead atoms. The van der Waals surface area contributed by atoms with Gasteiger partial charge in [-0.3, -0.25) is 0 Å². The third-order valence-electron chi connectivity index (χ3n) is 8.06. The minimum Gasteiger partial charge on any atom is -0.496 e. The standard InChI is InChI=1S/C35H29BrN6O4S2/c1-19-29(32(43)41(39-19)34-37-25(17-47-34)23-9-5-7-11-27(23)45-3)31(21-13-15-22(36)16-14-21)30-20(2)40-42(33(30)44)35-38-26(18-48-35)24-10-6-8-12-28(24)46-4/h5-18,31,43-44H,1-4H3. The van der Waals surface area contributed by atoms with Crippen LogP contribution in [0.1, 0.15) is 34.0 Å². The van der Waals surface area contributed by atoms with Crippen LogP contribution in [0.25, 0.3) is 32.8 Å². The number of para-hydroxylation sites is 2. The molecule has 4 heterocycles. The van der Waals surface area contributed by atoms with Crippen molar-refractivity contribution in [2.24, 2.45) is 0 Å². The fourth-order valence-corrected chi connectivity index (χ4v) is 7.63. The molecule has 0 saturated carbocycles. The molecule has 0 atom stereocenters. The quantitative estimate of drug-likeness (QED) is 0.152. The summed E-state index contributed by atoms with van der Waals surface area (Å²) in [5.74, 6) is 0.609. The van der Waals surface area contributed by atoms with Crippen molar-refractivity contribution in [3.05, 3.63) is 116 Å². The molecule has 48 heavy (non-hydrogen) atoms. The second-order valence-electron chi connectivity index (χ2n) is 10.9. The minimum absolute atomic E-state index is 0.0828. The lowest BCUT2D eigenvalue weighted by molar-refractivity contribution is 0.416. The summed E-state index contributed by atoms with van der Waals surface area (Å²) in [7, 11) is 3.24. The first-order valence-electron chi connectivity index (χ1n) is 14.8. The largest absolute Gasteiger partial charge is 0.496 e. The summed E-state index contributed by atoms with van der Waals surface area (Å²) < 4.78 is 14.9. The van der Waals surface area contributed by atoms with Gasteiger partial charge in [0.05, 0.1) is 37.0 Å². The van der Waals surface area contributed by atoms with Gasteiger partial charge in [-0.15, -0.1) is 22.7 Å². The first-order valence-corrected chi connectivity index (χ1v) is 17.3. The Kier molecular flexibility index (Phi) is 8.50. The molecule has 7 aromatic rings. The number of hydrogen-bond acceptors (Lipinski definition) is 10. The number of benzene rings is 3. The monoisotopic (exact) mass is 740 g/mol. The molecule has 242 valence electrons. The lowest BCUT2D eigenvalue weighted by atomic mass is 9.85. The fraction of sp³-hybridized carbons (Fsp3) is 0.143. The van der Waals surface area contributed by atoms with Gasteiger partial charge in [-0.2, -0.15) is 19.6 Å². The van der Waals surface area contributed by atoms with Gasteiger partial charge in [-0.05, 0) is 55.8 Å². The van der Waals surface area contributed by atoms with E-state index in [1.807, 2.05) is 97.4 Å². The fourth-order valence-electron chi connectivity index (χ4n) is 5.81. The molecule has 4 aromatic heterocycles. The van der Waals surface area contributed by atoms with Crippen LogP contribution in [0.2, 0.25) is 0 Å². The Labute approximate surface area is 292 Å². The highest BCUT2D eigenvalue weighted by atomic mass is 79.9. The molecule has 0 radical (unpaired) electrons. The van der Waals surface area contributed by atoms with E-state index in [4.69, 9.17) is 29.6 Å². The molecule has 0 aliphatic carbocycles. The zero-order valence-corrected chi connectivity index (χ0v) is 29.5. The van der Waals surface area contributed by atoms with Crippen LogP contribution in [-0.4, -0.2) is 54.0 Å². The van der Waals surface area contributed by atoms with Crippen LogP contribution in [0.15, 0.2) is 88.0 Å². The number of aryl methyl sites for hydroxylation is 2. The van der Waals surface area contributed by atoms with Gasteiger partial charge >= 0.3 is 0 Å². The van der Waals surface area contributed by atoms with E-state index >= 15 is 0 Å². The SMILES string of the molecule is COc1ccccc1-c1csc(-n2nc(C)c(C(c3ccc(Br)cc3)c3c(C)nn(-c4nc(-c5ccccc5OC)cs4)c3O)c2O)n1.